The van der Waals surface area contributed by atoms with Gasteiger partial charge in [0.15, 0.2) is 0 Å². The normalized spacial score (nSPS) is 13.0. The van der Waals surface area contributed by atoms with Gasteiger partial charge in [-0.25, -0.2) is 14.4 Å². The maximum absolute atomic E-state index is 13.3. The summed E-state index contributed by atoms with van der Waals surface area (Å²) in [6.45, 7) is 14.2. The first kappa shape index (κ1) is 47.3. The minimum absolute atomic E-state index is 0.0478. The highest BCUT2D eigenvalue weighted by Gasteiger charge is 2.41. The summed E-state index contributed by atoms with van der Waals surface area (Å²) in [6, 6.07) is 23.1. The molecule has 0 radical (unpaired) electrons. The summed E-state index contributed by atoms with van der Waals surface area (Å²) in [5, 5.41) is 15.1. The van der Waals surface area contributed by atoms with Gasteiger partial charge in [-0.15, -0.1) is 0 Å². The van der Waals surface area contributed by atoms with Crippen molar-refractivity contribution in [3.63, 3.8) is 0 Å². The second-order valence-corrected chi connectivity index (χ2v) is 12.6. The number of nitrogens with one attached hydrogen (secondary N) is 2. The Morgan fingerprint density at radius 3 is 1.68 bits per heavy atom. The summed E-state index contributed by atoms with van der Waals surface area (Å²) < 4.78 is 50.6. The number of carbonyl (C=O) groups excluding carboxylic acids is 3. The molecule has 0 aromatic heterocycles. The number of nitrogens with zero attached hydrogens (tertiary/aromatic N) is 1. The Labute approximate surface area is 344 Å². The third-order valence-electron chi connectivity index (χ3n) is 8.99. The molecule has 0 atom stereocenters. The number of carboxylic acid groups (broad SMARTS) is 1. The predicted molar refractivity (Wildman–Crippen MR) is 226 cm³/mol. The fourth-order valence-electron chi connectivity index (χ4n) is 6.30. The molecule has 3 aliphatic heterocycles. The van der Waals surface area contributed by atoms with Crippen LogP contribution in [0.5, 0.6) is 0 Å². The second kappa shape index (κ2) is 23.3. The van der Waals surface area contributed by atoms with Crippen LogP contribution in [0.4, 0.5) is 30.2 Å². The topological polar surface area (TPSA) is 134 Å². The smallest absolute Gasteiger partial charge is 0.454 e. The number of halogens is 3. The lowest BCUT2D eigenvalue weighted by Gasteiger charge is -2.18. The number of allylic oxidation sites excluding steroid dienone is 1. The lowest BCUT2D eigenvalue weighted by molar-refractivity contribution is -0.164. The number of ketones is 1. The van der Waals surface area contributed by atoms with Gasteiger partial charge >= 0.3 is 24.1 Å². The van der Waals surface area contributed by atoms with Crippen molar-refractivity contribution >= 4 is 46.3 Å². The second-order valence-electron chi connectivity index (χ2n) is 12.6. The van der Waals surface area contributed by atoms with Gasteiger partial charge in [0, 0.05) is 49.3 Å². The van der Waals surface area contributed by atoms with E-state index in [-0.39, 0.29) is 18.8 Å². The number of fused-ring (bicyclic) bond motifs is 3. The van der Waals surface area contributed by atoms with E-state index in [1.807, 2.05) is 59.7 Å². The van der Waals surface area contributed by atoms with E-state index >= 15 is 0 Å². The summed E-state index contributed by atoms with van der Waals surface area (Å²) in [6.07, 6.45) is -1.22. The van der Waals surface area contributed by atoms with E-state index in [1.165, 1.54) is 24.4 Å². The van der Waals surface area contributed by atoms with Crippen LogP contribution in [0.15, 0.2) is 91.1 Å². The number of benzene rings is 4. The van der Waals surface area contributed by atoms with Gasteiger partial charge in [0.25, 0.3) is 5.78 Å². The number of anilines is 3. The van der Waals surface area contributed by atoms with Crippen LogP contribution in [-0.2, 0) is 33.5 Å². The molecule has 3 aliphatic rings. The number of Topliss-reactive ketones (excluding diaryl/α,β-unsaturated/α-hetero) is 1. The number of hydrogen-bond acceptors (Lipinski definition) is 9. The molecule has 316 valence electrons. The van der Waals surface area contributed by atoms with Gasteiger partial charge in [-0.05, 0) is 96.1 Å². The number of carboxylic acids is 1. The monoisotopic (exact) mass is 817 g/mol. The van der Waals surface area contributed by atoms with Crippen molar-refractivity contribution in [1.82, 2.24) is 0 Å². The first-order valence-corrected chi connectivity index (χ1v) is 20.1. The number of carbonyl (C=O) groups is 4. The number of ether oxygens (including phenoxy) is 2. The number of alkyl halides is 3. The van der Waals surface area contributed by atoms with Crippen molar-refractivity contribution < 1.29 is 46.9 Å². The first-order chi connectivity index (χ1) is 28.5. The molecular weight excluding hydrogens is 764 g/mol. The number of hydrogen-bond donors (Lipinski definition) is 3. The van der Waals surface area contributed by atoms with Crippen molar-refractivity contribution in [3.8, 4) is 0 Å². The van der Waals surface area contributed by atoms with E-state index in [1.54, 1.807) is 53.4 Å². The van der Waals surface area contributed by atoms with Crippen LogP contribution in [0.3, 0.4) is 0 Å². The van der Waals surface area contributed by atoms with E-state index in [9.17, 15) is 32.3 Å². The molecule has 3 heterocycles. The molecule has 7 rings (SSSR count). The molecule has 0 unspecified atom stereocenters. The fourth-order valence-corrected chi connectivity index (χ4v) is 6.30. The van der Waals surface area contributed by atoms with E-state index < -0.39 is 35.4 Å². The van der Waals surface area contributed by atoms with Gasteiger partial charge in [0.1, 0.15) is 0 Å². The summed E-state index contributed by atoms with van der Waals surface area (Å²) in [5.74, 6) is -3.77. The highest BCUT2D eigenvalue weighted by Crippen LogP contribution is 2.33. The quantitative estimate of drug-likeness (QED) is 0.0807. The predicted octanol–water partition coefficient (Wildman–Crippen LogP) is 10.0. The first-order valence-electron chi connectivity index (χ1n) is 20.1. The molecule has 4 aromatic carbocycles. The zero-order valence-electron chi connectivity index (χ0n) is 34.5. The summed E-state index contributed by atoms with van der Waals surface area (Å²) in [5.41, 5.74) is 6.50. The fraction of sp³-hybridized carbons (Fsp3) is 0.348. The molecule has 59 heavy (non-hydrogen) atoms. The molecule has 0 fully saturated rings. The van der Waals surface area contributed by atoms with E-state index in [4.69, 9.17) is 14.6 Å². The SMILES string of the molecule is CC.CC.CC.O=C(O)c1ccc2c(c1)CCN2.O=C(OCCCOC(=O)c1ccc2c(c1)CCN2/C=C(\C(=O)C(F)(F)F)c1ccccc1)c1ccc2c(c1)CCN2. The number of esters is 2. The molecule has 0 saturated carbocycles. The Bertz CT molecular complexity index is 2070. The molecule has 0 amide bonds. The van der Waals surface area contributed by atoms with Gasteiger partial charge in [-0.2, -0.15) is 13.2 Å². The van der Waals surface area contributed by atoms with Crippen molar-refractivity contribution in [2.24, 2.45) is 0 Å². The van der Waals surface area contributed by atoms with Gasteiger partial charge in [-0.3, -0.25) is 4.79 Å². The molecule has 3 N–H and O–H groups in total. The number of rotatable bonds is 10. The minimum atomic E-state index is -5.02. The van der Waals surface area contributed by atoms with Crippen LogP contribution in [-0.4, -0.2) is 67.8 Å². The maximum Gasteiger partial charge on any atom is 0.454 e. The largest absolute Gasteiger partial charge is 0.478 e. The summed E-state index contributed by atoms with van der Waals surface area (Å²) in [4.78, 5) is 49.2. The van der Waals surface area contributed by atoms with E-state index in [0.717, 1.165) is 54.0 Å². The summed E-state index contributed by atoms with van der Waals surface area (Å²) in [7, 11) is 0. The Balaban J connectivity index is 0.000000431. The standard InChI is InChI=1S/C31H27F3N2O5.C9H9NO2.3C2H6/c32-31(33,34)28(37)25(20-5-2-1-3-6-20)19-36-14-12-22-18-24(8-10-27(22)36)30(39)41-16-4-15-40-29(38)23-7-9-26-21(17-23)11-13-35-26;11-9(12)7-1-2-8-6(5-7)3-4-10-8;3*1-2/h1-3,5-10,17-19,35H,4,11-16H2;1-2,5,10H,3-4H2,(H,11,12);3*1-2H3/b25-19-;;;;. The average molecular weight is 818 g/mol. The summed E-state index contributed by atoms with van der Waals surface area (Å²) >= 11 is 0. The Kier molecular flexibility index (Phi) is 18.7. The molecule has 0 aliphatic carbocycles. The zero-order valence-corrected chi connectivity index (χ0v) is 34.5. The third-order valence-corrected chi connectivity index (χ3v) is 8.99. The lowest BCUT2D eigenvalue weighted by Crippen LogP contribution is -2.26. The molecule has 0 bridgehead atoms. The average Bonchev–Trinajstić information content (AvgIpc) is 4.04. The molecule has 13 heteroatoms. The van der Waals surface area contributed by atoms with Gasteiger partial charge in [0.05, 0.1) is 35.5 Å². The minimum Gasteiger partial charge on any atom is -0.478 e. The van der Waals surface area contributed by atoms with Gasteiger partial charge in [0.2, 0.25) is 0 Å². The van der Waals surface area contributed by atoms with Crippen LogP contribution >= 0.6 is 0 Å². The van der Waals surface area contributed by atoms with Crippen LogP contribution in [0.25, 0.3) is 5.57 Å². The van der Waals surface area contributed by atoms with Crippen molar-refractivity contribution in [3.05, 3.63) is 130 Å². The zero-order chi connectivity index (χ0) is 43.5. The molecular formula is C46H54F3N3O7. The molecule has 10 nitrogen and oxygen atoms in total. The van der Waals surface area contributed by atoms with Crippen LogP contribution in [0, 0.1) is 0 Å². The van der Waals surface area contributed by atoms with Crippen molar-refractivity contribution in [2.45, 2.75) is 73.4 Å². The van der Waals surface area contributed by atoms with E-state index in [2.05, 4.69) is 10.6 Å². The molecule has 0 spiro atoms. The molecule has 0 saturated heterocycles. The Morgan fingerprint density at radius 1 is 0.661 bits per heavy atom. The highest BCUT2D eigenvalue weighted by molar-refractivity contribution is 6.23. The van der Waals surface area contributed by atoms with E-state index in [0.29, 0.717) is 41.8 Å². The van der Waals surface area contributed by atoms with Gasteiger partial charge < -0.3 is 30.1 Å². The van der Waals surface area contributed by atoms with Crippen molar-refractivity contribution in [1.29, 1.82) is 0 Å². The van der Waals surface area contributed by atoms with Crippen LogP contribution in [0.1, 0.15) is 101 Å². The number of aromatic carboxylic acids is 1. The Hall–Kier alpha value is -6.11. The van der Waals surface area contributed by atoms with Gasteiger partial charge in [-0.1, -0.05) is 71.9 Å². The maximum atomic E-state index is 13.3. The Morgan fingerprint density at radius 2 is 1.15 bits per heavy atom. The van der Waals surface area contributed by atoms with Crippen molar-refractivity contribution in [2.75, 3.05) is 48.4 Å². The lowest BCUT2D eigenvalue weighted by atomic mass is 10.0. The van der Waals surface area contributed by atoms with Crippen LogP contribution < -0.4 is 15.5 Å². The molecule has 4 aromatic rings. The highest BCUT2D eigenvalue weighted by atomic mass is 19.4. The third kappa shape index (κ3) is 12.9. The van der Waals surface area contributed by atoms with Crippen LogP contribution in [0.2, 0.25) is 0 Å².